The molecule has 1 fully saturated rings. The van der Waals surface area contributed by atoms with Crippen LogP contribution in [0.3, 0.4) is 0 Å². The lowest BCUT2D eigenvalue weighted by molar-refractivity contribution is -0.116. The fourth-order valence-electron chi connectivity index (χ4n) is 4.00. The number of ether oxygens (including phenoxy) is 1. The first kappa shape index (κ1) is 20.7. The van der Waals surface area contributed by atoms with Gasteiger partial charge in [-0.15, -0.1) is 0 Å². The van der Waals surface area contributed by atoms with Crippen LogP contribution in [0.4, 0.5) is 0 Å². The van der Waals surface area contributed by atoms with Gasteiger partial charge in [0.05, 0.1) is 12.5 Å². The minimum atomic E-state index is -0.176. The number of hydrogen-bond acceptors (Lipinski definition) is 4. The molecule has 158 valence electrons. The molecule has 2 heterocycles. The molecular formula is C25H26N4O2. The van der Waals surface area contributed by atoms with E-state index in [0.717, 1.165) is 34.9 Å². The third kappa shape index (κ3) is 5.13. The number of hydrogen-bond donors (Lipinski definition) is 1. The van der Waals surface area contributed by atoms with Crippen molar-refractivity contribution in [3.8, 4) is 11.9 Å². The van der Waals surface area contributed by atoms with Crippen LogP contribution >= 0.6 is 0 Å². The van der Waals surface area contributed by atoms with E-state index in [4.69, 9.17) is 10.00 Å². The van der Waals surface area contributed by atoms with E-state index in [1.54, 1.807) is 12.3 Å². The number of carbonyl (C=O) groups is 1. The van der Waals surface area contributed by atoms with Crippen LogP contribution in [0.5, 0.6) is 5.88 Å². The highest BCUT2D eigenvalue weighted by Gasteiger charge is 2.18. The van der Waals surface area contributed by atoms with Gasteiger partial charge in [-0.25, -0.2) is 4.98 Å². The van der Waals surface area contributed by atoms with Crippen molar-refractivity contribution in [3.63, 3.8) is 0 Å². The average molecular weight is 415 g/mol. The highest BCUT2D eigenvalue weighted by molar-refractivity contribution is 5.96. The molecule has 31 heavy (non-hydrogen) atoms. The molecule has 4 rings (SSSR count). The van der Waals surface area contributed by atoms with Crippen LogP contribution in [-0.2, 0) is 17.9 Å². The van der Waals surface area contributed by atoms with Gasteiger partial charge in [0.2, 0.25) is 11.8 Å². The van der Waals surface area contributed by atoms with Crippen LogP contribution in [-0.4, -0.2) is 21.6 Å². The van der Waals surface area contributed by atoms with Crippen LogP contribution in [0.2, 0.25) is 0 Å². The normalized spacial score (nSPS) is 14.2. The molecule has 0 atom stereocenters. The summed E-state index contributed by atoms with van der Waals surface area (Å²) in [4.78, 5) is 16.8. The highest BCUT2D eigenvalue weighted by Crippen LogP contribution is 2.25. The average Bonchev–Trinajstić information content (AvgIpc) is 3.43. The fourth-order valence-corrected chi connectivity index (χ4v) is 4.00. The summed E-state index contributed by atoms with van der Waals surface area (Å²) >= 11 is 0. The number of aryl methyl sites for hydroxylation is 1. The van der Waals surface area contributed by atoms with Gasteiger partial charge in [0, 0.05) is 53.6 Å². The Hall–Kier alpha value is -3.59. The molecule has 0 bridgehead atoms. The second kappa shape index (κ2) is 9.94. The number of para-hydroxylation sites is 1. The molecule has 0 unspecified atom stereocenters. The zero-order valence-electron chi connectivity index (χ0n) is 17.5. The molecule has 6 nitrogen and oxygen atoms in total. The second-order valence-corrected chi connectivity index (χ2v) is 7.75. The Balaban J connectivity index is 1.41. The van der Waals surface area contributed by atoms with Gasteiger partial charge < -0.3 is 14.6 Å². The van der Waals surface area contributed by atoms with Gasteiger partial charge in [-0.3, -0.25) is 4.79 Å². The Bertz CT molecular complexity index is 1120. The maximum Gasteiger partial charge on any atom is 0.244 e. The van der Waals surface area contributed by atoms with Crippen LogP contribution in [0.15, 0.2) is 54.9 Å². The molecule has 0 saturated heterocycles. The van der Waals surface area contributed by atoms with E-state index in [1.165, 1.54) is 12.8 Å². The molecule has 3 aromatic rings. The zero-order chi connectivity index (χ0) is 21.5. The number of benzene rings is 1. The molecule has 6 heteroatoms. The van der Waals surface area contributed by atoms with E-state index in [9.17, 15) is 4.79 Å². The summed E-state index contributed by atoms with van der Waals surface area (Å²) in [6, 6.07) is 14.0. The molecule has 0 aliphatic heterocycles. The summed E-state index contributed by atoms with van der Waals surface area (Å²) in [6.45, 7) is 0.991. The Morgan fingerprint density at radius 2 is 2.10 bits per heavy atom. The summed E-state index contributed by atoms with van der Waals surface area (Å²) in [6.07, 6.45) is 12.3. The third-order valence-electron chi connectivity index (χ3n) is 5.58. The van der Waals surface area contributed by atoms with Crippen molar-refractivity contribution in [1.29, 1.82) is 5.26 Å². The smallest absolute Gasteiger partial charge is 0.244 e. The minimum absolute atomic E-state index is 0.176. The van der Waals surface area contributed by atoms with Gasteiger partial charge in [0.15, 0.2) is 0 Å². The lowest BCUT2D eigenvalue weighted by Crippen LogP contribution is -2.22. The van der Waals surface area contributed by atoms with Crippen LogP contribution in [0, 0.1) is 11.3 Å². The van der Waals surface area contributed by atoms with Gasteiger partial charge >= 0.3 is 0 Å². The number of nitrogens with zero attached hydrogens (tertiary/aromatic N) is 3. The van der Waals surface area contributed by atoms with Gasteiger partial charge in [0.25, 0.3) is 0 Å². The summed E-state index contributed by atoms with van der Waals surface area (Å²) in [7, 11) is 0. The lowest BCUT2D eigenvalue weighted by atomic mass is 10.1. The Labute approximate surface area is 182 Å². The largest absolute Gasteiger partial charge is 0.474 e. The number of carbonyl (C=O) groups excluding carboxylic acids is 1. The van der Waals surface area contributed by atoms with Gasteiger partial charge in [-0.2, -0.15) is 5.26 Å². The summed E-state index contributed by atoms with van der Waals surface area (Å²) in [5.41, 5.74) is 2.89. The number of fused-ring (bicyclic) bond motifs is 1. The SMILES string of the molecule is N#CCCn1cc(/C=C/C(=O)NCc2cccnc2OC2CCCC2)c2ccccc21. The number of nitriles is 1. The number of aromatic nitrogens is 2. The van der Waals surface area contributed by atoms with Crippen LogP contribution in [0.25, 0.3) is 17.0 Å². The maximum atomic E-state index is 12.5. The van der Waals surface area contributed by atoms with Crippen LogP contribution in [0.1, 0.15) is 43.2 Å². The first-order valence-electron chi connectivity index (χ1n) is 10.8. The highest BCUT2D eigenvalue weighted by atomic mass is 16.5. The van der Waals surface area contributed by atoms with E-state index in [-0.39, 0.29) is 12.0 Å². The molecule has 1 aromatic carbocycles. The molecular weight excluding hydrogens is 388 g/mol. The molecule has 1 aliphatic rings. The molecule has 0 radical (unpaired) electrons. The third-order valence-corrected chi connectivity index (χ3v) is 5.58. The van der Waals surface area contributed by atoms with E-state index in [2.05, 4.69) is 20.9 Å². The Morgan fingerprint density at radius 3 is 2.94 bits per heavy atom. The van der Waals surface area contributed by atoms with Gasteiger partial charge in [-0.1, -0.05) is 24.3 Å². The van der Waals surface area contributed by atoms with E-state index >= 15 is 0 Å². The second-order valence-electron chi connectivity index (χ2n) is 7.75. The predicted molar refractivity (Wildman–Crippen MR) is 120 cm³/mol. The number of rotatable bonds is 8. The van der Waals surface area contributed by atoms with E-state index in [0.29, 0.717) is 25.4 Å². The molecule has 1 saturated carbocycles. The lowest BCUT2D eigenvalue weighted by Gasteiger charge is -2.15. The summed E-state index contributed by atoms with van der Waals surface area (Å²) in [5.74, 6) is 0.434. The molecule has 1 amide bonds. The van der Waals surface area contributed by atoms with Crippen molar-refractivity contribution < 1.29 is 9.53 Å². The van der Waals surface area contributed by atoms with Crippen molar-refractivity contribution in [3.05, 3.63) is 66.0 Å². The number of pyridine rings is 1. The van der Waals surface area contributed by atoms with Gasteiger partial charge in [0.1, 0.15) is 6.10 Å². The monoisotopic (exact) mass is 414 g/mol. The zero-order valence-corrected chi connectivity index (χ0v) is 17.5. The van der Waals surface area contributed by atoms with Crippen LogP contribution < -0.4 is 10.1 Å². The Morgan fingerprint density at radius 1 is 1.26 bits per heavy atom. The number of nitrogens with one attached hydrogen (secondary N) is 1. The maximum absolute atomic E-state index is 12.5. The fraction of sp³-hybridized carbons (Fsp3) is 0.320. The van der Waals surface area contributed by atoms with Crippen molar-refractivity contribution in [2.24, 2.45) is 0 Å². The predicted octanol–water partition coefficient (Wildman–Crippen LogP) is 4.60. The molecule has 1 N–H and O–H groups in total. The summed E-state index contributed by atoms with van der Waals surface area (Å²) < 4.78 is 8.10. The van der Waals surface area contributed by atoms with Crippen molar-refractivity contribution >= 4 is 22.9 Å². The first-order valence-corrected chi connectivity index (χ1v) is 10.8. The molecule has 1 aliphatic carbocycles. The summed E-state index contributed by atoms with van der Waals surface area (Å²) in [5, 5.41) is 12.9. The van der Waals surface area contributed by atoms with Crippen molar-refractivity contribution in [1.82, 2.24) is 14.9 Å². The topological polar surface area (TPSA) is 79.9 Å². The van der Waals surface area contributed by atoms with Crippen molar-refractivity contribution in [2.45, 2.75) is 51.3 Å². The molecule has 2 aromatic heterocycles. The minimum Gasteiger partial charge on any atom is -0.474 e. The van der Waals surface area contributed by atoms with E-state index < -0.39 is 0 Å². The standard InChI is InChI=1S/C25H26N4O2/c26-14-6-16-29-18-20(22-10-3-4-11-23(22)29)12-13-24(30)28-17-19-7-5-15-27-25(19)31-21-8-1-2-9-21/h3-5,7,10-13,15,18,21H,1-2,6,8-9,16-17H2,(H,28,30)/b13-12+. The van der Waals surface area contributed by atoms with Crippen molar-refractivity contribution in [2.75, 3.05) is 0 Å². The van der Waals surface area contributed by atoms with E-state index in [1.807, 2.05) is 48.7 Å². The number of amides is 1. The van der Waals surface area contributed by atoms with Gasteiger partial charge in [-0.05, 0) is 43.9 Å². The Kier molecular flexibility index (Phi) is 6.63. The first-order chi connectivity index (χ1) is 15.2. The quantitative estimate of drug-likeness (QED) is 0.546. The molecule has 0 spiro atoms.